The Balaban J connectivity index is 0.910. The van der Waals surface area contributed by atoms with Crippen molar-refractivity contribution < 1.29 is 0 Å². The Morgan fingerprint density at radius 3 is 0.925 bits per heavy atom. The Hall–Kier alpha value is -8.78. The molecule has 0 N–H and O–H groups in total. The zero-order chi connectivity index (χ0) is 44.0. The third kappa shape index (κ3) is 6.09. The molecule has 0 fully saturated rings. The first kappa shape index (κ1) is 37.6. The molecule has 0 heterocycles. The van der Waals surface area contributed by atoms with E-state index in [1.165, 1.54) is 119 Å². The van der Waals surface area contributed by atoms with E-state index in [1.807, 2.05) is 0 Å². The predicted octanol–water partition coefficient (Wildman–Crippen LogP) is 18.9. The molecule has 0 amide bonds. The number of hydrogen-bond donors (Lipinski definition) is 0. The molecule has 14 rings (SSSR count). The third-order valence-corrected chi connectivity index (χ3v) is 14.3. The molecule has 310 valence electrons. The molecule has 0 aliphatic heterocycles. The van der Waals surface area contributed by atoms with Gasteiger partial charge in [-0.2, -0.15) is 0 Å². The first-order valence-electron chi connectivity index (χ1n) is 23.2. The molecule has 0 spiro atoms. The van der Waals surface area contributed by atoms with Crippen LogP contribution in [-0.2, 0) is 0 Å². The fraction of sp³-hybridized carbons (Fsp3) is 0. The van der Waals surface area contributed by atoms with Gasteiger partial charge in [0.05, 0.1) is 0 Å². The second-order valence-corrected chi connectivity index (χ2v) is 18.1. The zero-order valence-corrected chi connectivity index (χ0v) is 36.6. The van der Waals surface area contributed by atoms with E-state index in [2.05, 4.69) is 254 Å². The summed E-state index contributed by atoms with van der Waals surface area (Å²) in [5, 5.41) is 22.8. The molecule has 0 aliphatic rings. The second-order valence-electron chi connectivity index (χ2n) is 18.1. The topological polar surface area (TPSA) is 3.24 Å². The molecule has 14 aromatic rings. The molecule has 0 radical (unpaired) electrons. The largest absolute Gasteiger partial charge is 0.310 e. The molecule has 0 atom stereocenters. The maximum absolute atomic E-state index is 2.47. The van der Waals surface area contributed by atoms with E-state index < -0.39 is 0 Å². The molecule has 14 aromatic carbocycles. The van der Waals surface area contributed by atoms with E-state index in [4.69, 9.17) is 0 Å². The van der Waals surface area contributed by atoms with Gasteiger partial charge in [-0.1, -0.05) is 182 Å². The van der Waals surface area contributed by atoms with Gasteiger partial charge in [-0.3, -0.25) is 0 Å². The number of hydrogen-bond acceptors (Lipinski definition) is 1. The number of anilines is 3. The van der Waals surface area contributed by atoms with E-state index in [0.717, 1.165) is 17.1 Å². The minimum atomic E-state index is 1.11. The lowest BCUT2D eigenvalue weighted by Gasteiger charge is -2.26. The van der Waals surface area contributed by atoms with Crippen molar-refractivity contribution in [3.63, 3.8) is 0 Å². The highest BCUT2D eigenvalue weighted by Gasteiger charge is 2.18. The lowest BCUT2D eigenvalue weighted by molar-refractivity contribution is 1.29. The van der Waals surface area contributed by atoms with Crippen molar-refractivity contribution in [3.05, 3.63) is 249 Å². The zero-order valence-electron chi connectivity index (χ0n) is 36.6. The lowest BCUT2D eigenvalue weighted by Crippen LogP contribution is -2.09. The Labute approximate surface area is 388 Å². The Morgan fingerprint density at radius 2 is 0.463 bits per heavy atom. The summed E-state index contributed by atoms with van der Waals surface area (Å²) in [4.78, 5) is 2.38. The first-order chi connectivity index (χ1) is 33.2. The summed E-state index contributed by atoms with van der Waals surface area (Å²) in [6, 6.07) is 92.3. The van der Waals surface area contributed by atoms with E-state index in [0.29, 0.717) is 0 Å². The van der Waals surface area contributed by atoms with Crippen molar-refractivity contribution >= 4 is 114 Å². The van der Waals surface area contributed by atoms with E-state index in [9.17, 15) is 0 Å². The summed E-state index contributed by atoms with van der Waals surface area (Å²) in [5.41, 5.74) is 8.23. The van der Waals surface area contributed by atoms with Crippen LogP contribution in [0, 0.1) is 0 Å². The minimum absolute atomic E-state index is 1.11. The van der Waals surface area contributed by atoms with Crippen molar-refractivity contribution in [3.8, 4) is 22.3 Å². The highest BCUT2D eigenvalue weighted by atomic mass is 15.1. The van der Waals surface area contributed by atoms with Crippen molar-refractivity contribution in [1.29, 1.82) is 0 Å². The standard InChI is InChI=1S/C66H41N/c1-4-14-46-35-49(22-21-42(46)11-1)51-28-34-60-62(39-51)56-18-8-10-20-58(56)64-40-65-59-33-27-50(38-61(59)55-17-7-9-19-57(55)63(65)41-66(60)64)45-23-29-52(30-24-45)67(53-31-25-43-12-2-5-15-47(43)36-53)54-32-26-44-13-3-6-16-48(44)37-54/h1-41H. The molecule has 0 aromatic heterocycles. The van der Waals surface area contributed by atoms with Gasteiger partial charge in [0, 0.05) is 17.1 Å². The average molecular weight is 848 g/mol. The SMILES string of the molecule is c1ccc2cc(-c3ccc4c(c3)c3ccccc3c3cc5c6ccc(-c7ccc(N(c8ccc9ccccc9c8)c8ccc9ccccc9c8)cc7)cc6c6ccccc6c5cc43)ccc2c1. The van der Waals surface area contributed by atoms with Crippen LogP contribution < -0.4 is 4.90 Å². The van der Waals surface area contributed by atoms with Crippen LogP contribution in [0.25, 0.3) is 119 Å². The number of rotatable bonds is 5. The average Bonchev–Trinajstić information content (AvgIpc) is 3.40. The molecule has 0 unspecified atom stereocenters. The molecular formula is C66H41N. The van der Waals surface area contributed by atoms with Gasteiger partial charge in [-0.25, -0.2) is 0 Å². The smallest absolute Gasteiger partial charge is 0.0468 e. The lowest BCUT2D eigenvalue weighted by atomic mass is 9.87. The minimum Gasteiger partial charge on any atom is -0.310 e. The van der Waals surface area contributed by atoms with Gasteiger partial charge in [-0.15, -0.1) is 0 Å². The van der Waals surface area contributed by atoms with Gasteiger partial charge >= 0.3 is 0 Å². The monoisotopic (exact) mass is 847 g/mol. The van der Waals surface area contributed by atoms with Gasteiger partial charge in [0.25, 0.3) is 0 Å². The molecule has 1 heteroatoms. The summed E-state index contributed by atoms with van der Waals surface area (Å²) >= 11 is 0. The highest BCUT2D eigenvalue weighted by molar-refractivity contribution is 6.33. The molecule has 1 nitrogen and oxygen atoms in total. The summed E-state index contributed by atoms with van der Waals surface area (Å²) < 4.78 is 0. The molecule has 0 saturated carbocycles. The summed E-state index contributed by atoms with van der Waals surface area (Å²) in [5.74, 6) is 0. The molecular weight excluding hydrogens is 807 g/mol. The normalized spacial score (nSPS) is 11.9. The molecule has 0 saturated heterocycles. The summed E-state index contributed by atoms with van der Waals surface area (Å²) in [6.07, 6.45) is 0. The number of fused-ring (bicyclic) bond motifs is 15. The van der Waals surface area contributed by atoms with Crippen molar-refractivity contribution in [2.75, 3.05) is 4.90 Å². The second kappa shape index (κ2) is 14.9. The molecule has 67 heavy (non-hydrogen) atoms. The van der Waals surface area contributed by atoms with E-state index in [-0.39, 0.29) is 0 Å². The van der Waals surface area contributed by atoms with Gasteiger partial charge in [0.2, 0.25) is 0 Å². The van der Waals surface area contributed by atoms with Crippen LogP contribution in [0.5, 0.6) is 0 Å². The van der Waals surface area contributed by atoms with Gasteiger partial charge in [0.1, 0.15) is 0 Å². The van der Waals surface area contributed by atoms with Gasteiger partial charge in [-0.05, 0) is 186 Å². The van der Waals surface area contributed by atoms with E-state index in [1.54, 1.807) is 0 Å². The molecule has 0 bridgehead atoms. The third-order valence-electron chi connectivity index (χ3n) is 14.3. The quantitative estimate of drug-likeness (QED) is 0.123. The highest BCUT2D eigenvalue weighted by Crippen LogP contribution is 2.45. The first-order valence-corrected chi connectivity index (χ1v) is 23.2. The van der Waals surface area contributed by atoms with Crippen LogP contribution >= 0.6 is 0 Å². The Morgan fingerprint density at radius 1 is 0.164 bits per heavy atom. The van der Waals surface area contributed by atoms with Crippen LogP contribution in [0.15, 0.2) is 249 Å². The maximum atomic E-state index is 2.47. The molecule has 0 aliphatic carbocycles. The predicted molar refractivity (Wildman–Crippen MR) is 290 cm³/mol. The summed E-state index contributed by atoms with van der Waals surface area (Å²) in [7, 11) is 0. The van der Waals surface area contributed by atoms with Crippen LogP contribution in [0.4, 0.5) is 17.1 Å². The fourth-order valence-electron chi connectivity index (χ4n) is 11.0. The van der Waals surface area contributed by atoms with Crippen LogP contribution in [0.3, 0.4) is 0 Å². The van der Waals surface area contributed by atoms with Gasteiger partial charge in [0.15, 0.2) is 0 Å². The Bertz CT molecular complexity index is 4250. The maximum Gasteiger partial charge on any atom is 0.0468 e. The van der Waals surface area contributed by atoms with Crippen molar-refractivity contribution in [2.24, 2.45) is 0 Å². The van der Waals surface area contributed by atoms with Crippen molar-refractivity contribution in [1.82, 2.24) is 0 Å². The van der Waals surface area contributed by atoms with Crippen LogP contribution in [0.1, 0.15) is 0 Å². The van der Waals surface area contributed by atoms with Crippen LogP contribution in [-0.4, -0.2) is 0 Å². The van der Waals surface area contributed by atoms with Crippen LogP contribution in [0.2, 0.25) is 0 Å². The number of nitrogens with zero attached hydrogens (tertiary/aromatic N) is 1. The van der Waals surface area contributed by atoms with Crippen molar-refractivity contribution in [2.45, 2.75) is 0 Å². The van der Waals surface area contributed by atoms with Gasteiger partial charge < -0.3 is 4.90 Å². The Kier molecular flexibility index (Phi) is 8.35. The fourth-order valence-corrected chi connectivity index (χ4v) is 11.0. The summed E-state index contributed by atoms with van der Waals surface area (Å²) in [6.45, 7) is 0. The van der Waals surface area contributed by atoms with E-state index >= 15 is 0 Å². The number of benzene rings is 14.